The molecule has 1 aromatic carbocycles. The lowest BCUT2D eigenvalue weighted by Crippen LogP contribution is -2.38. The van der Waals surface area contributed by atoms with Crippen molar-refractivity contribution in [3.05, 3.63) is 50.6 Å². The van der Waals surface area contributed by atoms with Crippen LogP contribution in [-0.4, -0.2) is 37.0 Å². The third-order valence-corrected chi connectivity index (χ3v) is 5.92. The van der Waals surface area contributed by atoms with Gasteiger partial charge in [0.2, 0.25) is 0 Å². The summed E-state index contributed by atoms with van der Waals surface area (Å²) in [5.74, 6) is 0.380. The zero-order chi connectivity index (χ0) is 17.6. The first-order valence-corrected chi connectivity index (χ1v) is 9.89. The highest BCUT2D eigenvalue weighted by molar-refractivity contribution is 7.10. The third kappa shape index (κ3) is 5.11. The van der Waals surface area contributed by atoms with Crippen LogP contribution in [-0.2, 0) is 4.79 Å². The van der Waals surface area contributed by atoms with Gasteiger partial charge < -0.3 is 10.1 Å². The Balaban J connectivity index is 1.51. The Kier molecular flexibility index (Phi) is 6.59. The summed E-state index contributed by atoms with van der Waals surface area (Å²) in [5.41, 5.74) is 0. The molecule has 2 heterocycles. The first-order chi connectivity index (χ1) is 12.1. The van der Waals surface area contributed by atoms with Crippen molar-refractivity contribution >= 4 is 40.4 Å². The number of carbonyl (C=O) groups excluding carboxylic acids is 1. The van der Waals surface area contributed by atoms with Crippen molar-refractivity contribution < 1.29 is 9.53 Å². The molecule has 1 unspecified atom stereocenters. The van der Waals surface area contributed by atoms with Crippen LogP contribution < -0.4 is 10.1 Å². The van der Waals surface area contributed by atoms with Crippen LogP contribution in [0.3, 0.4) is 0 Å². The molecule has 3 rings (SSSR count). The fraction of sp³-hybridized carbons (Fsp3) is 0.389. The summed E-state index contributed by atoms with van der Waals surface area (Å²) < 4.78 is 5.49. The summed E-state index contributed by atoms with van der Waals surface area (Å²) in [7, 11) is 0. The first-order valence-electron chi connectivity index (χ1n) is 8.25. The van der Waals surface area contributed by atoms with Gasteiger partial charge in [-0.2, -0.15) is 0 Å². The molecular weight excluding hydrogens is 379 g/mol. The van der Waals surface area contributed by atoms with E-state index in [4.69, 9.17) is 27.9 Å². The number of ether oxygens (including phenoxy) is 1. The zero-order valence-electron chi connectivity index (χ0n) is 13.7. The monoisotopic (exact) mass is 398 g/mol. The van der Waals surface area contributed by atoms with E-state index in [0.29, 0.717) is 22.3 Å². The second kappa shape index (κ2) is 8.90. The summed E-state index contributed by atoms with van der Waals surface area (Å²) in [4.78, 5) is 15.9. The van der Waals surface area contributed by atoms with E-state index in [0.717, 1.165) is 13.1 Å². The van der Waals surface area contributed by atoms with Gasteiger partial charge in [-0.05, 0) is 49.5 Å². The number of halogens is 2. The molecule has 0 radical (unpaired) electrons. The van der Waals surface area contributed by atoms with Crippen LogP contribution in [0.4, 0.5) is 0 Å². The summed E-state index contributed by atoms with van der Waals surface area (Å²) in [6.07, 6.45) is 2.44. The van der Waals surface area contributed by atoms with E-state index in [-0.39, 0.29) is 18.6 Å². The normalized spacial score (nSPS) is 15.9. The van der Waals surface area contributed by atoms with Crippen molar-refractivity contribution in [3.8, 4) is 5.75 Å². The van der Waals surface area contributed by atoms with Gasteiger partial charge in [-0.25, -0.2) is 0 Å². The van der Waals surface area contributed by atoms with Crippen LogP contribution in [0.2, 0.25) is 10.0 Å². The maximum atomic E-state index is 12.1. The molecule has 7 heteroatoms. The van der Waals surface area contributed by atoms with Gasteiger partial charge in [0, 0.05) is 17.5 Å². The van der Waals surface area contributed by atoms with Crippen LogP contribution >= 0.6 is 34.5 Å². The second-order valence-electron chi connectivity index (χ2n) is 5.94. The van der Waals surface area contributed by atoms with Crippen molar-refractivity contribution in [2.45, 2.75) is 18.9 Å². The van der Waals surface area contributed by atoms with E-state index in [1.54, 1.807) is 29.5 Å². The minimum atomic E-state index is -0.146. The van der Waals surface area contributed by atoms with Gasteiger partial charge in [-0.3, -0.25) is 9.69 Å². The molecule has 2 aromatic rings. The van der Waals surface area contributed by atoms with E-state index in [1.807, 2.05) is 0 Å². The predicted molar refractivity (Wildman–Crippen MR) is 103 cm³/mol. The van der Waals surface area contributed by atoms with E-state index >= 15 is 0 Å². The number of rotatable bonds is 7. The Bertz CT molecular complexity index is 703. The Morgan fingerprint density at radius 3 is 2.72 bits per heavy atom. The SMILES string of the molecule is O=C(COc1ccc(Cl)c(Cl)c1)NCC(c1cccs1)N1CCCC1. The quantitative estimate of drug-likeness (QED) is 0.751. The lowest BCUT2D eigenvalue weighted by atomic mass is 10.2. The highest BCUT2D eigenvalue weighted by Crippen LogP contribution is 2.28. The summed E-state index contributed by atoms with van der Waals surface area (Å²) >= 11 is 13.5. The number of nitrogens with one attached hydrogen (secondary N) is 1. The van der Waals surface area contributed by atoms with Crippen molar-refractivity contribution in [3.63, 3.8) is 0 Å². The van der Waals surface area contributed by atoms with E-state index < -0.39 is 0 Å². The molecule has 25 heavy (non-hydrogen) atoms. The fourth-order valence-electron chi connectivity index (χ4n) is 2.92. The number of carbonyl (C=O) groups is 1. The van der Waals surface area contributed by atoms with Crippen LogP contribution in [0.5, 0.6) is 5.75 Å². The Morgan fingerprint density at radius 2 is 2.04 bits per heavy atom. The van der Waals surface area contributed by atoms with Gasteiger partial charge >= 0.3 is 0 Å². The van der Waals surface area contributed by atoms with Crippen LogP contribution in [0, 0.1) is 0 Å². The van der Waals surface area contributed by atoms with Gasteiger partial charge in [-0.1, -0.05) is 29.3 Å². The van der Waals surface area contributed by atoms with Gasteiger partial charge in [-0.15, -0.1) is 11.3 Å². The highest BCUT2D eigenvalue weighted by Gasteiger charge is 2.24. The van der Waals surface area contributed by atoms with Gasteiger partial charge in [0.1, 0.15) is 5.75 Å². The summed E-state index contributed by atoms with van der Waals surface area (Å²) in [6.45, 7) is 2.70. The molecule has 1 aromatic heterocycles. The number of hydrogen-bond donors (Lipinski definition) is 1. The first kappa shape index (κ1) is 18.5. The van der Waals surface area contributed by atoms with Crippen molar-refractivity contribution in [2.75, 3.05) is 26.2 Å². The molecule has 0 bridgehead atoms. The maximum Gasteiger partial charge on any atom is 0.258 e. The van der Waals surface area contributed by atoms with Gasteiger partial charge in [0.05, 0.1) is 16.1 Å². The molecule has 0 aliphatic carbocycles. The Morgan fingerprint density at radius 1 is 1.24 bits per heavy atom. The molecule has 1 N–H and O–H groups in total. The van der Waals surface area contributed by atoms with Crippen LogP contribution in [0.1, 0.15) is 23.8 Å². The standard InChI is InChI=1S/C18H20Cl2N2O2S/c19-14-6-5-13(10-15(14)20)24-12-18(23)21-11-16(17-4-3-9-25-17)22-7-1-2-8-22/h3-6,9-10,16H,1-2,7-8,11-12H2,(H,21,23). The second-order valence-corrected chi connectivity index (χ2v) is 7.74. The average Bonchev–Trinajstić information content (AvgIpc) is 3.30. The zero-order valence-corrected chi connectivity index (χ0v) is 16.0. The van der Waals surface area contributed by atoms with Crippen LogP contribution in [0.25, 0.3) is 0 Å². The number of nitrogens with zero attached hydrogens (tertiary/aromatic N) is 1. The lowest BCUT2D eigenvalue weighted by molar-refractivity contribution is -0.123. The number of likely N-dealkylation sites (tertiary alicyclic amines) is 1. The van der Waals surface area contributed by atoms with Crippen molar-refractivity contribution in [1.29, 1.82) is 0 Å². The molecule has 1 fully saturated rings. The number of hydrogen-bond acceptors (Lipinski definition) is 4. The molecule has 134 valence electrons. The van der Waals surface area contributed by atoms with Gasteiger partial charge in [0.15, 0.2) is 6.61 Å². The van der Waals surface area contributed by atoms with Crippen molar-refractivity contribution in [2.24, 2.45) is 0 Å². The molecule has 1 aliphatic rings. The highest BCUT2D eigenvalue weighted by atomic mass is 35.5. The molecule has 4 nitrogen and oxygen atoms in total. The smallest absolute Gasteiger partial charge is 0.258 e. The topological polar surface area (TPSA) is 41.6 Å². The molecule has 1 aliphatic heterocycles. The van der Waals surface area contributed by atoms with E-state index in [2.05, 4.69) is 27.7 Å². The van der Waals surface area contributed by atoms with E-state index in [9.17, 15) is 4.79 Å². The minimum Gasteiger partial charge on any atom is -0.484 e. The Labute approximate surface area is 161 Å². The lowest BCUT2D eigenvalue weighted by Gasteiger charge is -2.26. The molecule has 1 saturated heterocycles. The Hall–Kier alpha value is -1.27. The number of thiophene rings is 1. The number of amides is 1. The largest absolute Gasteiger partial charge is 0.484 e. The van der Waals surface area contributed by atoms with E-state index in [1.165, 1.54) is 17.7 Å². The molecule has 1 amide bonds. The number of benzene rings is 1. The van der Waals surface area contributed by atoms with Crippen molar-refractivity contribution in [1.82, 2.24) is 10.2 Å². The molecule has 0 spiro atoms. The molecule has 0 saturated carbocycles. The van der Waals surface area contributed by atoms with Gasteiger partial charge in [0.25, 0.3) is 5.91 Å². The predicted octanol–water partition coefficient (Wildman–Crippen LogP) is 4.39. The van der Waals surface area contributed by atoms with Crippen LogP contribution in [0.15, 0.2) is 35.7 Å². The molecule has 1 atom stereocenters. The summed E-state index contributed by atoms with van der Waals surface area (Å²) in [5, 5.41) is 5.93. The third-order valence-electron chi connectivity index (χ3n) is 4.21. The minimum absolute atomic E-state index is 0.0465. The average molecular weight is 399 g/mol. The maximum absolute atomic E-state index is 12.1. The molecular formula is C18H20Cl2N2O2S. The fourth-order valence-corrected chi connectivity index (χ4v) is 4.07. The summed E-state index contributed by atoms with van der Waals surface area (Å²) in [6, 6.07) is 9.37.